The zero-order valence-corrected chi connectivity index (χ0v) is 19.2. The summed E-state index contributed by atoms with van der Waals surface area (Å²) in [5, 5.41) is 8.82. The third-order valence-electron chi connectivity index (χ3n) is 4.49. The molecule has 34 heavy (non-hydrogen) atoms. The van der Waals surface area contributed by atoms with Crippen molar-refractivity contribution in [3.05, 3.63) is 82.7 Å². The van der Waals surface area contributed by atoms with E-state index in [9.17, 15) is 9.59 Å². The molecule has 4 rings (SSSR count). The fourth-order valence-electron chi connectivity index (χ4n) is 3.01. The smallest absolute Gasteiger partial charge is 0.259 e. The summed E-state index contributed by atoms with van der Waals surface area (Å²) in [5.41, 5.74) is 2.35. The van der Waals surface area contributed by atoms with E-state index in [0.717, 1.165) is 5.56 Å². The van der Waals surface area contributed by atoms with E-state index in [0.29, 0.717) is 23.1 Å². The molecule has 170 valence electrons. The number of nitrogens with zero attached hydrogens (tertiary/aromatic N) is 4. The second-order valence-electron chi connectivity index (χ2n) is 6.99. The third kappa shape index (κ3) is 5.64. The zero-order chi connectivity index (χ0) is 24.1. The first-order valence-corrected chi connectivity index (χ1v) is 10.7. The van der Waals surface area contributed by atoms with Gasteiger partial charge in [-0.3, -0.25) is 9.59 Å². The Hall–Kier alpha value is -4.08. The van der Waals surface area contributed by atoms with Crippen LogP contribution in [-0.4, -0.2) is 31.8 Å². The molecular weight excluding hydrogens is 477 g/mol. The maximum atomic E-state index is 12.6. The average molecular weight is 494 g/mol. The van der Waals surface area contributed by atoms with Gasteiger partial charge in [-0.15, -0.1) is 0 Å². The summed E-state index contributed by atoms with van der Waals surface area (Å²) in [6.07, 6.45) is 2.90. The van der Waals surface area contributed by atoms with Crippen molar-refractivity contribution in [3.8, 4) is 11.3 Å². The summed E-state index contributed by atoms with van der Waals surface area (Å²) in [4.78, 5) is 40.7. The van der Waals surface area contributed by atoms with Gasteiger partial charge in [-0.25, -0.2) is 19.9 Å². The quantitative estimate of drug-likeness (QED) is 0.337. The van der Waals surface area contributed by atoms with Gasteiger partial charge in [0.15, 0.2) is 0 Å². The van der Waals surface area contributed by atoms with E-state index in [-0.39, 0.29) is 27.3 Å². The van der Waals surface area contributed by atoms with E-state index in [1.807, 2.05) is 12.1 Å². The molecule has 0 unspecified atom stereocenters. The number of aromatic nitrogens is 4. The molecule has 2 aromatic heterocycles. The second kappa shape index (κ2) is 10.2. The monoisotopic (exact) mass is 493 g/mol. The van der Waals surface area contributed by atoms with E-state index in [1.165, 1.54) is 19.3 Å². The van der Waals surface area contributed by atoms with Crippen molar-refractivity contribution < 1.29 is 9.59 Å². The highest BCUT2D eigenvalue weighted by Crippen LogP contribution is 2.26. The lowest BCUT2D eigenvalue weighted by molar-refractivity contribution is -0.114. The third-order valence-corrected chi connectivity index (χ3v) is 5.12. The minimum atomic E-state index is -0.499. The van der Waals surface area contributed by atoms with Crippen LogP contribution in [0.25, 0.3) is 11.3 Å². The molecule has 0 aliphatic heterocycles. The summed E-state index contributed by atoms with van der Waals surface area (Å²) < 4.78 is 0. The van der Waals surface area contributed by atoms with Crippen molar-refractivity contribution in [3.63, 3.8) is 0 Å². The molecule has 0 radical (unpaired) electrons. The summed E-state index contributed by atoms with van der Waals surface area (Å²) in [7, 11) is 0. The maximum absolute atomic E-state index is 12.6. The number of hydrogen-bond acceptors (Lipinski definition) is 7. The highest BCUT2D eigenvalue weighted by molar-refractivity contribution is 6.40. The van der Waals surface area contributed by atoms with Crippen molar-refractivity contribution in [2.24, 2.45) is 0 Å². The van der Waals surface area contributed by atoms with Crippen molar-refractivity contribution >= 4 is 58.3 Å². The fraction of sp³-hybridized carbons (Fsp3) is 0.0435. The number of amides is 2. The standard InChI is InChI=1S/C23H17Cl2N7O2/c1-13(33)29-15-7-5-14(6-8-15)18-9-10-26-23(30-18)32-20-11-19(27-12-28-20)31-22(34)21-16(24)3-2-4-17(21)25/h2-12H,1H3,(H,29,33)(H2,26,27,28,30,31,32,34). The first-order valence-electron chi connectivity index (χ1n) is 9.94. The van der Waals surface area contributed by atoms with Crippen molar-refractivity contribution in [1.29, 1.82) is 0 Å². The van der Waals surface area contributed by atoms with E-state index in [1.54, 1.807) is 42.6 Å². The van der Waals surface area contributed by atoms with Crippen LogP contribution >= 0.6 is 23.2 Å². The molecule has 2 heterocycles. The minimum absolute atomic E-state index is 0.142. The lowest BCUT2D eigenvalue weighted by atomic mass is 10.1. The molecule has 4 aromatic rings. The number of rotatable bonds is 6. The van der Waals surface area contributed by atoms with Gasteiger partial charge in [0, 0.05) is 30.4 Å². The van der Waals surface area contributed by atoms with E-state index < -0.39 is 5.91 Å². The van der Waals surface area contributed by atoms with Gasteiger partial charge >= 0.3 is 0 Å². The molecule has 0 aliphatic carbocycles. The molecular formula is C23H17Cl2N7O2. The van der Waals surface area contributed by atoms with Crippen LogP contribution in [0.5, 0.6) is 0 Å². The molecule has 11 heteroatoms. The molecule has 0 aliphatic rings. The van der Waals surface area contributed by atoms with E-state index >= 15 is 0 Å². The van der Waals surface area contributed by atoms with Gasteiger partial charge in [0.2, 0.25) is 11.9 Å². The highest BCUT2D eigenvalue weighted by atomic mass is 35.5. The van der Waals surface area contributed by atoms with Crippen LogP contribution in [-0.2, 0) is 4.79 Å². The first-order chi connectivity index (χ1) is 16.4. The molecule has 0 bridgehead atoms. The SMILES string of the molecule is CC(=O)Nc1ccc(-c2ccnc(Nc3cc(NC(=O)c4c(Cl)cccc4Cl)ncn3)n2)cc1. The van der Waals surface area contributed by atoms with Gasteiger partial charge < -0.3 is 16.0 Å². The van der Waals surface area contributed by atoms with Crippen LogP contribution in [0.1, 0.15) is 17.3 Å². The highest BCUT2D eigenvalue weighted by Gasteiger charge is 2.15. The Morgan fingerprint density at radius 1 is 0.853 bits per heavy atom. The van der Waals surface area contributed by atoms with E-state index in [2.05, 4.69) is 35.9 Å². The Balaban J connectivity index is 1.49. The van der Waals surface area contributed by atoms with Gasteiger partial charge in [-0.2, -0.15) is 0 Å². The Labute approximate surface area is 204 Å². The fourth-order valence-corrected chi connectivity index (χ4v) is 3.58. The number of nitrogens with one attached hydrogen (secondary N) is 3. The summed E-state index contributed by atoms with van der Waals surface area (Å²) in [5.74, 6) is 0.267. The van der Waals surface area contributed by atoms with Crippen LogP contribution in [0.2, 0.25) is 10.0 Å². The van der Waals surface area contributed by atoms with Gasteiger partial charge in [0.1, 0.15) is 18.0 Å². The normalized spacial score (nSPS) is 10.4. The number of halogens is 2. The Bertz CT molecular complexity index is 1340. The summed E-state index contributed by atoms with van der Waals surface area (Å²) in [6.45, 7) is 1.45. The van der Waals surface area contributed by atoms with Crippen molar-refractivity contribution in [2.75, 3.05) is 16.0 Å². The van der Waals surface area contributed by atoms with Gasteiger partial charge in [0.25, 0.3) is 5.91 Å². The molecule has 2 amide bonds. The Morgan fingerprint density at radius 2 is 1.56 bits per heavy atom. The molecule has 0 spiro atoms. The van der Waals surface area contributed by atoms with Crippen LogP contribution in [0.4, 0.5) is 23.3 Å². The van der Waals surface area contributed by atoms with Crippen molar-refractivity contribution in [1.82, 2.24) is 19.9 Å². The molecule has 0 saturated carbocycles. The van der Waals surface area contributed by atoms with Gasteiger partial charge in [-0.05, 0) is 30.3 Å². The second-order valence-corrected chi connectivity index (χ2v) is 7.80. The van der Waals surface area contributed by atoms with Gasteiger partial charge in [0.05, 0.1) is 21.3 Å². The summed E-state index contributed by atoms with van der Waals surface area (Å²) in [6, 6.07) is 15.4. The van der Waals surface area contributed by atoms with Crippen molar-refractivity contribution in [2.45, 2.75) is 6.92 Å². The number of hydrogen-bond donors (Lipinski definition) is 3. The maximum Gasteiger partial charge on any atom is 0.259 e. The molecule has 0 atom stereocenters. The number of carbonyl (C=O) groups is 2. The number of anilines is 4. The molecule has 2 aromatic carbocycles. The largest absolute Gasteiger partial charge is 0.326 e. The van der Waals surface area contributed by atoms with Gasteiger partial charge in [-0.1, -0.05) is 41.4 Å². The summed E-state index contributed by atoms with van der Waals surface area (Å²) >= 11 is 12.2. The Morgan fingerprint density at radius 3 is 2.26 bits per heavy atom. The van der Waals surface area contributed by atoms with Crippen LogP contribution in [0, 0.1) is 0 Å². The molecule has 0 fully saturated rings. The molecule has 3 N–H and O–H groups in total. The number of benzene rings is 2. The number of carbonyl (C=O) groups excluding carboxylic acids is 2. The zero-order valence-electron chi connectivity index (χ0n) is 17.7. The first kappa shape index (κ1) is 23.1. The van der Waals surface area contributed by atoms with Crippen LogP contribution in [0.15, 0.2) is 67.1 Å². The molecule has 0 saturated heterocycles. The van der Waals surface area contributed by atoms with Crippen LogP contribution < -0.4 is 16.0 Å². The van der Waals surface area contributed by atoms with E-state index in [4.69, 9.17) is 23.2 Å². The lowest BCUT2D eigenvalue weighted by Crippen LogP contribution is -2.14. The topological polar surface area (TPSA) is 122 Å². The van der Waals surface area contributed by atoms with Crippen LogP contribution in [0.3, 0.4) is 0 Å². The average Bonchev–Trinajstić information content (AvgIpc) is 2.79. The predicted molar refractivity (Wildman–Crippen MR) is 132 cm³/mol. The Kier molecular flexibility index (Phi) is 6.95. The minimum Gasteiger partial charge on any atom is -0.326 e. The lowest BCUT2D eigenvalue weighted by Gasteiger charge is -2.10. The predicted octanol–water partition coefficient (Wildman–Crippen LogP) is 5.19. The molecule has 9 nitrogen and oxygen atoms in total.